The van der Waals surface area contributed by atoms with E-state index in [1.807, 2.05) is 0 Å². The van der Waals surface area contributed by atoms with Crippen molar-refractivity contribution in [2.75, 3.05) is 7.11 Å². The predicted octanol–water partition coefficient (Wildman–Crippen LogP) is 3.57. The molecule has 0 aromatic heterocycles. The molecule has 0 aliphatic rings. The maximum Gasteiger partial charge on any atom is 0.333 e. The van der Waals surface area contributed by atoms with Gasteiger partial charge in [0.1, 0.15) is 0 Å². The summed E-state index contributed by atoms with van der Waals surface area (Å²) in [5, 5.41) is 0. The summed E-state index contributed by atoms with van der Waals surface area (Å²) in [5.74, 6) is 0.980. The van der Waals surface area contributed by atoms with Gasteiger partial charge in [-0.1, -0.05) is 40.2 Å². The maximum absolute atomic E-state index is 11.2. The SMILES string of the molecule is C=C(CC(CCC)CC(C)C)C(=O)OC. The molecular formula is C13H24O2. The first-order chi connectivity index (χ1) is 7.01. The second-order valence-electron chi connectivity index (χ2n) is 4.58. The fraction of sp³-hybridized carbons (Fsp3) is 0.769. The number of hydrogen-bond donors (Lipinski definition) is 0. The summed E-state index contributed by atoms with van der Waals surface area (Å²) in [6.45, 7) is 10.4. The summed E-state index contributed by atoms with van der Waals surface area (Å²) < 4.78 is 4.66. The van der Waals surface area contributed by atoms with Gasteiger partial charge in [-0.2, -0.15) is 0 Å². The highest BCUT2D eigenvalue weighted by Gasteiger charge is 2.15. The van der Waals surface area contributed by atoms with Gasteiger partial charge in [0.05, 0.1) is 7.11 Å². The molecule has 0 aliphatic heterocycles. The van der Waals surface area contributed by atoms with Crippen LogP contribution in [0, 0.1) is 11.8 Å². The first kappa shape index (κ1) is 14.2. The first-order valence-electron chi connectivity index (χ1n) is 5.77. The molecule has 0 amide bonds. The van der Waals surface area contributed by atoms with Crippen LogP contribution in [0.5, 0.6) is 0 Å². The van der Waals surface area contributed by atoms with Crippen molar-refractivity contribution in [3.63, 3.8) is 0 Å². The Morgan fingerprint density at radius 3 is 2.40 bits per heavy atom. The Hall–Kier alpha value is -0.790. The van der Waals surface area contributed by atoms with Crippen molar-refractivity contribution in [3.8, 4) is 0 Å². The van der Waals surface area contributed by atoms with Crippen molar-refractivity contribution in [2.24, 2.45) is 11.8 Å². The van der Waals surface area contributed by atoms with Gasteiger partial charge in [-0.3, -0.25) is 0 Å². The second-order valence-corrected chi connectivity index (χ2v) is 4.58. The third-order valence-corrected chi connectivity index (χ3v) is 2.51. The highest BCUT2D eigenvalue weighted by molar-refractivity contribution is 5.87. The van der Waals surface area contributed by atoms with Crippen LogP contribution in [0.1, 0.15) is 46.5 Å². The van der Waals surface area contributed by atoms with Crippen LogP contribution in [-0.2, 0) is 9.53 Å². The van der Waals surface area contributed by atoms with E-state index in [4.69, 9.17) is 0 Å². The monoisotopic (exact) mass is 212 g/mol. The molecule has 0 saturated carbocycles. The smallest absolute Gasteiger partial charge is 0.333 e. The van der Waals surface area contributed by atoms with Gasteiger partial charge in [0, 0.05) is 5.57 Å². The van der Waals surface area contributed by atoms with Crippen LogP contribution >= 0.6 is 0 Å². The molecule has 0 heterocycles. The molecule has 0 radical (unpaired) electrons. The first-order valence-corrected chi connectivity index (χ1v) is 5.77. The lowest BCUT2D eigenvalue weighted by atomic mass is 9.88. The molecule has 0 fully saturated rings. The lowest BCUT2D eigenvalue weighted by Crippen LogP contribution is -2.11. The standard InChI is InChI=1S/C13H24O2/c1-6-7-12(8-10(2)3)9-11(4)13(14)15-5/h10,12H,4,6-9H2,1-3,5H3. The minimum Gasteiger partial charge on any atom is -0.466 e. The van der Waals surface area contributed by atoms with Crippen molar-refractivity contribution >= 4 is 5.97 Å². The van der Waals surface area contributed by atoms with E-state index in [2.05, 4.69) is 32.1 Å². The Morgan fingerprint density at radius 1 is 1.40 bits per heavy atom. The molecule has 0 spiro atoms. The molecule has 2 heteroatoms. The van der Waals surface area contributed by atoms with Gasteiger partial charge in [-0.25, -0.2) is 4.79 Å². The fourth-order valence-corrected chi connectivity index (χ4v) is 1.95. The molecule has 88 valence electrons. The zero-order chi connectivity index (χ0) is 11.8. The van der Waals surface area contributed by atoms with E-state index in [1.165, 1.54) is 7.11 Å². The minimum atomic E-state index is -0.264. The van der Waals surface area contributed by atoms with Crippen molar-refractivity contribution in [1.29, 1.82) is 0 Å². The summed E-state index contributed by atoms with van der Waals surface area (Å²) in [4.78, 5) is 11.2. The Kier molecular flexibility index (Phi) is 7.10. The highest BCUT2D eigenvalue weighted by Crippen LogP contribution is 2.24. The average Bonchev–Trinajstić information content (AvgIpc) is 2.15. The topological polar surface area (TPSA) is 26.3 Å². The number of carbonyl (C=O) groups excluding carboxylic acids is 1. The molecule has 0 bridgehead atoms. The Labute approximate surface area is 93.7 Å². The Bertz CT molecular complexity index is 207. The second kappa shape index (κ2) is 7.49. The van der Waals surface area contributed by atoms with Crippen LogP contribution in [0.2, 0.25) is 0 Å². The van der Waals surface area contributed by atoms with Crippen molar-refractivity contribution in [3.05, 3.63) is 12.2 Å². The van der Waals surface area contributed by atoms with E-state index in [0.717, 1.165) is 25.7 Å². The Balaban J connectivity index is 4.15. The zero-order valence-corrected chi connectivity index (χ0v) is 10.5. The van der Waals surface area contributed by atoms with Crippen LogP contribution in [-0.4, -0.2) is 13.1 Å². The van der Waals surface area contributed by atoms with Crippen LogP contribution in [0.15, 0.2) is 12.2 Å². The number of carbonyl (C=O) groups is 1. The average molecular weight is 212 g/mol. The molecule has 0 rings (SSSR count). The summed E-state index contributed by atoms with van der Waals surface area (Å²) in [5.41, 5.74) is 0.608. The van der Waals surface area contributed by atoms with E-state index in [9.17, 15) is 4.79 Å². The normalized spacial score (nSPS) is 12.6. The van der Waals surface area contributed by atoms with Crippen LogP contribution in [0.25, 0.3) is 0 Å². The lowest BCUT2D eigenvalue weighted by molar-refractivity contribution is -0.136. The molecule has 0 aliphatic carbocycles. The predicted molar refractivity (Wildman–Crippen MR) is 63.6 cm³/mol. The molecular weight excluding hydrogens is 188 g/mol. The number of methoxy groups -OCH3 is 1. The maximum atomic E-state index is 11.2. The third kappa shape index (κ3) is 6.32. The van der Waals surface area contributed by atoms with Crippen molar-refractivity contribution in [2.45, 2.75) is 46.5 Å². The number of esters is 1. The van der Waals surface area contributed by atoms with E-state index >= 15 is 0 Å². The summed E-state index contributed by atoms with van der Waals surface area (Å²) in [6, 6.07) is 0. The van der Waals surface area contributed by atoms with E-state index < -0.39 is 0 Å². The van der Waals surface area contributed by atoms with Crippen LogP contribution < -0.4 is 0 Å². The largest absolute Gasteiger partial charge is 0.466 e. The minimum absolute atomic E-state index is 0.264. The van der Waals surface area contributed by atoms with Crippen molar-refractivity contribution in [1.82, 2.24) is 0 Å². The summed E-state index contributed by atoms with van der Waals surface area (Å²) >= 11 is 0. The Morgan fingerprint density at radius 2 is 2.00 bits per heavy atom. The molecule has 15 heavy (non-hydrogen) atoms. The van der Waals surface area contributed by atoms with Crippen molar-refractivity contribution < 1.29 is 9.53 Å². The molecule has 0 aromatic rings. The molecule has 0 N–H and O–H groups in total. The van der Waals surface area contributed by atoms with E-state index in [0.29, 0.717) is 17.4 Å². The fourth-order valence-electron chi connectivity index (χ4n) is 1.95. The number of hydrogen-bond acceptors (Lipinski definition) is 2. The summed E-state index contributed by atoms with van der Waals surface area (Å²) in [7, 11) is 1.41. The van der Waals surface area contributed by atoms with Crippen LogP contribution in [0.4, 0.5) is 0 Å². The summed E-state index contributed by atoms with van der Waals surface area (Å²) in [6.07, 6.45) is 4.25. The molecule has 2 nitrogen and oxygen atoms in total. The lowest BCUT2D eigenvalue weighted by Gasteiger charge is -2.18. The van der Waals surface area contributed by atoms with Gasteiger partial charge in [-0.15, -0.1) is 0 Å². The molecule has 0 aromatic carbocycles. The van der Waals surface area contributed by atoms with Gasteiger partial charge in [0.2, 0.25) is 0 Å². The van der Waals surface area contributed by atoms with Gasteiger partial charge < -0.3 is 4.74 Å². The van der Waals surface area contributed by atoms with E-state index in [1.54, 1.807) is 0 Å². The van der Waals surface area contributed by atoms with E-state index in [-0.39, 0.29) is 5.97 Å². The quantitative estimate of drug-likeness (QED) is 0.476. The van der Waals surface area contributed by atoms with Gasteiger partial charge in [0.15, 0.2) is 0 Å². The number of rotatable bonds is 7. The molecule has 1 atom stereocenters. The zero-order valence-electron chi connectivity index (χ0n) is 10.5. The molecule has 1 unspecified atom stereocenters. The van der Waals surface area contributed by atoms with Crippen LogP contribution in [0.3, 0.4) is 0 Å². The third-order valence-electron chi connectivity index (χ3n) is 2.51. The highest BCUT2D eigenvalue weighted by atomic mass is 16.5. The van der Waals surface area contributed by atoms with Gasteiger partial charge in [0.25, 0.3) is 0 Å². The number of ether oxygens (including phenoxy) is 1. The molecule has 0 saturated heterocycles. The van der Waals surface area contributed by atoms with Gasteiger partial charge in [-0.05, 0) is 24.7 Å². The van der Waals surface area contributed by atoms with Gasteiger partial charge >= 0.3 is 5.97 Å².